The van der Waals surface area contributed by atoms with Gasteiger partial charge in [-0.15, -0.1) is 0 Å². The number of hydrogen-bond donors (Lipinski definition) is 1. The molecule has 0 unspecified atom stereocenters. The molecule has 0 heterocycles. The molecular weight excluding hydrogens is 382 g/mol. The van der Waals surface area contributed by atoms with E-state index in [4.69, 9.17) is 14.6 Å². The summed E-state index contributed by atoms with van der Waals surface area (Å²) in [5.74, 6) is -0.734. The zero-order valence-corrected chi connectivity index (χ0v) is 17.3. The van der Waals surface area contributed by atoms with Gasteiger partial charge in [0.1, 0.15) is 17.3 Å². The van der Waals surface area contributed by atoms with Gasteiger partial charge in [-0.25, -0.2) is 18.4 Å². The van der Waals surface area contributed by atoms with Crippen molar-refractivity contribution in [3.63, 3.8) is 0 Å². The fourth-order valence-corrected chi connectivity index (χ4v) is 3.96. The van der Waals surface area contributed by atoms with Crippen molar-refractivity contribution in [3.05, 3.63) is 57.6 Å². The Kier molecular flexibility index (Phi) is 6.26. The van der Waals surface area contributed by atoms with Crippen LogP contribution in [0.15, 0.2) is 29.2 Å². The van der Waals surface area contributed by atoms with Crippen LogP contribution < -0.4 is 9.88 Å². The molecule has 2 rings (SSSR count). The first-order valence-electron chi connectivity index (χ1n) is 8.46. The molecule has 0 saturated heterocycles. The molecule has 2 aromatic rings. The number of primary sulfonamides is 1. The molecule has 0 atom stereocenters. The SMILES string of the molecule is COc1ccc(C(=O)OCc2c(C)cc(C)c(C(C)=O)c2C)cc1S(N)(=O)=O. The molecule has 0 aromatic heterocycles. The highest BCUT2D eigenvalue weighted by Gasteiger charge is 2.20. The number of esters is 1. The molecular formula is C20H23NO6S. The minimum absolute atomic E-state index is 0.0269. The van der Waals surface area contributed by atoms with E-state index >= 15 is 0 Å². The van der Waals surface area contributed by atoms with Crippen LogP contribution in [0.25, 0.3) is 0 Å². The second kappa shape index (κ2) is 8.12. The highest BCUT2D eigenvalue weighted by atomic mass is 32.2. The van der Waals surface area contributed by atoms with Crippen LogP contribution in [0.1, 0.15) is 49.9 Å². The number of carbonyl (C=O) groups is 2. The van der Waals surface area contributed by atoms with Crippen LogP contribution in [0.5, 0.6) is 5.75 Å². The smallest absolute Gasteiger partial charge is 0.338 e. The number of Topliss-reactive ketones (excluding diaryl/α,β-unsaturated/α-hetero) is 1. The van der Waals surface area contributed by atoms with E-state index in [1.54, 1.807) is 0 Å². The van der Waals surface area contributed by atoms with E-state index in [9.17, 15) is 18.0 Å². The van der Waals surface area contributed by atoms with E-state index in [1.165, 1.54) is 26.2 Å². The van der Waals surface area contributed by atoms with E-state index in [0.29, 0.717) is 5.56 Å². The summed E-state index contributed by atoms with van der Waals surface area (Å²) in [7, 11) is -2.77. The Hall–Kier alpha value is -2.71. The number of sulfonamides is 1. The molecule has 150 valence electrons. The molecule has 0 bridgehead atoms. The van der Waals surface area contributed by atoms with Crippen molar-refractivity contribution < 1.29 is 27.5 Å². The first-order chi connectivity index (χ1) is 13.0. The van der Waals surface area contributed by atoms with Gasteiger partial charge in [-0.1, -0.05) is 6.07 Å². The monoisotopic (exact) mass is 405 g/mol. The third kappa shape index (κ3) is 4.40. The summed E-state index contributed by atoms with van der Waals surface area (Å²) in [5, 5.41) is 5.17. The number of aryl methyl sites for hydroxylation is 2. The van der Waals surface area contributed by atoms with Crippen molar-refractivity contribution in [2.75, 3.05) is 7.11 Å². The van der Waals surface area contributed by atoms with Gasteiger partial charge in [-0.3, -0.25) is 4.79 Å². The zero-order chi connectivity index (χ0) is 21.2. The van der Waals surface area contributed by atoms with E-state index in [0.717, 1.165) is 28.3 Å². The summed E-state index contributed by atoms with van der Waals surface area (Å²) in [6.45, 7) is 6.99. The predicted octanol–water partition coefficient (Wildman–Crippen LogP) is 2.83. The number of ketones is 1. The Labute approximate surface area is 164 Å². The normalized spacial score (nSPS) is 11.2. The quantitative estimate of drug-likeness (QED) is 0.584. The third-order valence-electron chi connectivity index (χ3n) is 4.54. The number of rotatable bonds is 6. The van der Waals surface area contributed by atoms with Gasteiger partial charge in [-0.2, -0.15) is 0 Å². The van der Waals surface area contributed by atoms with Crippen LogP contribution in [-0.4, -0.2) is 27.3 Å². The maximum atomic E-state index is 12.4. The van der Waals surface area contributed by atoms with Crippen molar-refractivity contribution in [1.82, 2.24) is 0 Å². The molecule has 0 radical (unpaired) electrons. The highest BCUT2D eigenvalue weighted by Crippen LogP contribution is 2.26. The number of carbonyl (C=O) groups excluding carboxylic acids is 2. The molecule has 7 nitrogen and oxygen atoms in total. The summed E-state index contributed by atoms with van der Waals surface area (Å²) in [6, 6.07) is 5.73. The lowest BCUT2D eigenvalue weighted by molar-refractivity contribution is 0.0471. The van der Waals surface area contributed by atoms with E-state index in [-0.39, 0.29) is 28.6 Å². The van der Waals surface area contributed by atoms with Gasteiger partial charge in [0.2, 0.25) is 10.0 Å². The van der Waals surface area contributed by atoms with Crippen molar-refractivity contribution in [3.8, 4) is 5.75 Å². The van der Waals surface area contributed by atoms with Gasteiger partial charge in [-0.05, 0) is 68.1 Å². The average Bonchev–Trinajstić information content (AvgIpc) is 2.59. The molecule has 0 aliphatic rings. The summed E-state index contributed by atoms with van der Waals surface area (Å²) in [6.07, 6.45) is 0. The average molecular weight is 405 g/mol. The lowest BCUT2D eigenvalue weighted by Crippen LogP contribution is -2.15. The van der Waals surface area contributed by atoms with Gasteiger partial charge >= 0.3 is 5.97 Å². The number of ether oxygens (including phenoxy) is 2. The Morgan fingerprint density at radius 3 is 2.25 bits per heavy atom. The van der Waals surface area contributed by atoms with Crippen molar-refractivity contribution in [2.45, 2.75) is 39.2 Å². The van der Waals surface area contributed by atoms with E-state index < -0.39 is 16.0 Å². The van der Waals surface area contributed by atoms with E-state index in [2.05, 4.69) is 0 Å². The Morgan fingerprint density at radius 1 is 1.07 bits per heavy atom. The van der Waals surface area contributed by atoms with Gasteiger partial charge in [0.05, 0.1) is 12.7 Å². The van der Waals surface area contributed by atoms with Crippen LogP contribution in [0.3, 0.4) is 0 Å². The second-order valence-electron chi connectivity index (χ2n) is 6.53. The summed E-state index contributed by atoms with van der Waals surface area (Å²) >= 11 is 0. The third-order valence-corrected chi connectivity index (χ3v) is 5.47. The molecule has 0 aliphatic carbocycles. The standard InChI is InChI=1S/C20H23NO6S/c1-11-8-12(2)19(14(4)22)13(3)16(11)10-27-20(23)15-6-7-17(26-5)18(9-15)28(21,24)25/h6-9H,10H2,1-5H3,(H2,21,24,25). The maximum Gasteiger partial charge on any atom is 0.338 e. The Balaban J connectivity index is 2.33. The summed E-state index contributed by atoms with van der Waals surface area (Å²) < 4.78 is 33.7. The number of nitrogens with two attached hydrogens (primary N) is 1. The maximum absolute atomic E-state index is 12.4. The molecule has 0 amide bonds. The molecule has 28 heavy (non-hydrogen) atoms. The van der Waals surface area contributed by atoms with Crippen LogP contribution in [0, 0.1) is 20.8 Å². The van der Waals surface area contributed by atoms with E-state index in [1.807, 2.05) is 26.8 Å². The molecule has 2 aromatic carbocycles. The van der Waals surface area contributed by atoms with Gasteiger partial charge < -0.3 is 9.47 Å². The first-order valence-corrected chi connectivity index (χ1v) is 10.0. The largest absolute Gasteiger partial charge is 0.495 e. The zero-order valence-electron chi connectivity index (χ0n) is 16.5. The predicted molar refractivity (Wildman–Crippen MR) is 104 cm³/mol. The van der Waals surface area contributed by atoms with Crippen molar-refractivity contribution in [1.29, 1.82) is 0 Å². The number of benzene rings is 2. The van der Waals surface area contributed by atoms with Crippen molar-refractivity contribution in [2.24, 2.45) is 5.14 Å². The van der Waals surface area contributed by atoms with Gasteiger partial charge in [0, 0.05) is 5.56 Å². The molecule has 8 heteroatoms. The van der Waals surface area contributed by atoms with Crippen LogP contribution in [0.4, 0.5) is 0 Å². The fourth-order valence-electron chi connectivity index (χ4n) is 3.24. The molecule has 2 N–H and O–H groups in total. The summed E-state index contributed by atoms with van der Waals surface area (Å²) in [5.41, 5.74) is 3.90. The van der Waals surface area contributed by atoms with Gasteiger partial charge in [0.15, 0.2) is 5.78 Å². The minimum Gasteiger partial charge on any atom is -0.495 e. The first kappa shape index (κ1) is 21.6. The van der Waals surface area contributed by atoms with Crippen molar-refractivity contribution >= 4 is 21.8 Å². The minimum atomic E-state index is -4.07. The Bertz CT molecular complexity index is 1060. The topological polar surface area (TPSA) is 113 Å². The lowest BCUT2D eigenvalue weighted by Gasteiger charge is -2.16. The van der Waals surface area contributed by atoms with Crippen LogP contribution in [0.2, 0.25) is 0 Å². The number of methoxy groups -OCH3 is 1. The van der Waals surface area contributed by atoms with Gasteiger partial charge in [0.25, 0.3) is 0 Å². The highest BCUT2D eigenvalue weighted by molar-refractivity contribution is 7.89. The van der Waals surface area contributed by atoms with Crippen LogP contribution >= 0.6 is 0 Å². The fraction of sp³-hybridized carbons (Fsp3) is 0.300. The summed E-state index contributed by atoms with van der Waals surface area (Å²) in [4.78, 5) is 24.1. The van der Waals surface area contributed by atoms with Crippen LogP contribution in [-0.2, 0) is 21.4 Å². The molecule has 0 saturated carbocycles. The molecule has 0 fully saturated rings. The lowest BCUT2D eigenvalue weighted by atomic mass is 9.92. The molecule has 0 spiro atoms. The number of hydrogen-bond acceptors (Lipinski definition) is 6. The second-order valence-corrected chi connectivity index (χ2v) is 8.06. The molecule has 0 aliphatic heterocycles. The Morgan fingerprint density at radius 2 is 1.71 bits per heavy atom.